The smallest absolute Gasteiger partial charge is 0.338 e. The number of para-hydroxylation sites is 1. The second-order valence-electron chi connectivity index (χ2n) is 9.95. The van der Waals surface area contributed by atoms with Crippen LogP contribution in [0.1, 0.15) is 36.6 Å². The fraction of sp³-hybridized carbons (Fsp3) is 0.152. The minimum Gasteiger partial charge on any atom is -0.466 e. The van der Waals surface area contributed by atoms with Crippen molar-refractivity contribution in [1.29, 1.82) is 0 Å². The van der Waals surface area contributed by atoms with Crippen molar-refractivity contribution in [2.24, 2.45) is 4.99 Å². The standard InChI is InChI=1S/C33H27N3O5S/c1-20-29(32(39)40-3)30(23-13-15-25(16-14-23)41-21(2)37)36-31(38)28(42-33(36)34-20)17-24-19-35(18-22-9-5-4-6-10-22)27-12-8-7-11-26(24)27/h4-17,19,30H,18H2,1-3H3/b28-17-/t30-/m1/s1. The van der Waals surface area contributed by atoms with Crippen LogP contribution < -0.4 is 19.6 Å². The number of thiazole rings is 1. The van der Waals surface area contributed by atoms with E-state index in [4.69, 9.17) is 9.47 Å². The Labute approximate surface area is 245 Å². The molecule has 0 N–H and O–H groups in total. The summed E-state index contributed by atoms with van der Waals surface area (Å²) in [6.45, 7) is 3.76. The van der Waals surface area contributed by atoms with Crippen LogP contribution in [0.4, 0.5) is 0 Å². The van der Waals surface area contributed by atoms with Crippen LogP contribution >= 0.6 is 11.3 Å². The molecule has 8 nitrogen and oxygen atoms in total. The summed E-state index contributed by atoms with van der Waals surface area (Å²) < 4.78 is 14.5. The maximum atomic E-state index is 14.0. The molecule has 42 heavy (non-hydrogen) atoms. The molecular formula is C33H27N3O5S. The van der Waals surface area contributed by atoms with Crippen LogP contribution in [0.3, 0.4) is 0 Å². The van der Waals surface area contributed by atoms with Gasteiger partial charge in [0.2, 0.25) is 0 Å². The van der Waals surface area contributed by atoms with Gasteiger partial charge in [0.1, 0.15) is 5.75 Å². The Morgan fingerprint density at radius 1 is 1.00 bits per heavy atom. The normalized spacial score (nSPS) is 14.9. The SMILES string of the molecule is COC(=O)C1=C(C)N=c2s/c(=C\c3cn(Cc4ccccc4)c4ccccc34)c(=O)n2[C@@H]1c1ccc(OC(C)=O)cc1. The molecule has 5 aromatic rings. The van der Waals surface area contributed by atoms with E-state index in [1.807, 2.05) is 42.5 Å². The molecule has 0 unspecified atom stereocenters. The van der Waals surface area contributed by atoms with Crippen LogP contribution in [-0.2, 0) is 20.9 Å². The molecule has 1 aliphatic heterocycles. The van der Waals surface area contributed by atoms with Gasteiger partial charge in [0.25, 0.3) is 5.56 Å². The third-order valence-electron chi connectivity index (χ3n) is 7.19. The number of ether oxygens (including phenoxy) is 2. The first-order chi connectivity index (χ1) is 20.3. The first-order valence-corrected chi connectivity index (χ1v) is 14.2. The molecule has 0 saturated carbocycles. The van der Waals surface area contributed by atoms with Gasteiger partial charge in [-0.05, 0) is 42.3 Å². The van der Waals surface area contributed by atoms with Crippen molar-refractivity contribution >= 4 is 40.3 Å². The highest BCUT2D eigenvalue weighted by Crippen LogP contribution is 2.31. The number of carbonyl (C=O) groups excluding carboxylic acids is 2. The monoisotopic (exact) mass is 577 g/mol. The number of nitrogens with zero attached hydrogens (tertiary/aromatic N) is 3. The van der Waals surface area contributed by atoms with E-state index >= 15 is 0 Å². The number of fused-ring (bicyclic) bond motifs is 2. The molecule has 9 heteroatoms. The maximum absolute atomic E-state index is 14.0. The number of allylic oxidation sites excluding steroid dienone is 1. The zero-order valence-corrected chi connectivity index (χ0v) is 24.1. The van der Waals surface area contributed by atoms with Crippen molar-refractivity contribution in [3.63, 3.8) is 0 Å². The highest BCUT2D eigenvalue weighted by atomic mass is 32.1. The number of rotatable bonds is 6. The topological polar surface area (TPSA) is 91.9 Å². The summed E-state index contributed by atoms with van der Waals surface area (Å²) in [6, 6.07) is 24.3. The fourth-order valence-corrected chi connectivity index (χ4v) is 6.37. The predicted octanol–water partition coefficient (Wildman–Crippen LogP) is 4.34. The Hall–Kier alpha value is -5.02. The number of hydrogen-bond donors (Lipinski definition) is 0. The Balaban J connectivity index is 1.50. The van der Waals surface area contributed by atoms with Crippen molar-refractivity contribution in [2.75, 3.05) is 7.11 Å². The first-order valence-electron chi connectivity index (χ1n) is 13.3. The largest absolute Gasteiger partial charge is 0.466 e. The molecule has 0 fully saturated rings. The summed E-state index contributed by atoms with van der Waals surface area (Å²) in [6.07, 6.45) is 3.96. The minimum absolute atomic E-state index is 0.262. The van der Waals surface area contributed by atoms with Crippen LogP contribution in [0.5, 0.6) is 5.75 Å². The van der Waals surface area contributed by atoms with Gasteiger partial charge in [0.05, 0.1) is 29.0 Å². The summed E-state index contributed by atoms with van der Waals surface area (Å²) in [4.78, 5) is 43.5. The Morgan fingerprint density at radius 2 is 1.71 bits per heavy atom. The average molecular weight is 578 g/mol. The van der Waals surface area contributed by atoms with E-state index in [1.165, 1.54) is 30.9 Å². The minimum atomic E-state index is -0.762. The van der Waals surface area contributed by atoms with Gasteiger partial charge in [-0.25, -0.2) is 9.79 Å². The van der Waals surface area contributed by atoms with Crippen molar-refractivity contribution in [1.82, 2.24) is 9.13 Å². The predicted molar refractivity (Wildman–Crippen MR) is 161 cm³/mol. The molecule has 0 spiro atoms. The molecule has 3 heterocycles. The van der Waals surface area contributed by atoms with E-state index in [0.29, 0.717) is 32.9 Å². The van der Waals surface area contributed by atoms with Gasteiger partial charge in [0, 0.05) is 36.1 Å². The molecule has 0 aliphatic carbocycles. The second kappa shape index (κ2) is 11.1. The third-order valence-corrected chi connectivity index (χ3v) is 8.17. The highest BCUT2D eigenvalue weighted by Gasteiger charge is 2.33. The molecule has 0 radical (unpaired) electrons. The van der Waals surface area contributed by atoms with Gasteiger partial charge in [-0.15, -0.1) is 0 Å². The van der Waals surface area contributed by atoms with Crippen molar-refractivity contribution in [3.8, 4) is 5.75 Å². The van der Waals surface area contributed by atoms with Crippen molar-refractivity contribution in [3.05, 3.63) is 133 Å². The summed E-state index contributed by atoms with van der Waals surface area (Å²) in [5.41, 5.74) is 4.30. The number of hydrogen-bond acceptors (Lipinski definition) is 7. The zero-order valence-electron chi connectivity index (χ0n) is 23.2. The van der Waals surface area contributed by atoms with Crippen LogP contribution in [-0.4, -0.2) is 28.2 Å². The Bertz CT molecular complexity index is 2050. The molecule has 1 aliphatic rings. The lowest BCUT2D eigenvalue weighted by Gasteiger charge is -2.24. The molecule has 0 bridgehead atoms. The van der Waals surface area contributed by atoms with Gasteiger partial charge in [-0.3, -0.25) is 14.2 Å². The Kier molecular flexibility index (Phi) is 7.18. The van der Waals surface area contributed by atoms with E-state index in [1.54, 1.807) is 35.8 Å². The molecular weight excluding hydrogens is 550 g/mol. The van der Waals surface area contributed by atoms with Gasteiger partial charge in [-0.1, -0.05) is 72.0 Å². The van der Waals surface area contributed by atoms with Crippen LogP contribution in [0.25, 0.3) is 17.0 Å². The molecule has 0 amide bonds. The quantitative estimate of drug-likeness (QED) is 0.221. The fourth-order valence-electron chi connectivity index (χ4n) is 5.33. The third kappa shape index (κ3) is 4.99. The molecule has 3 aromatic carbocycles. The first kappa shape index (κ1) is 27.2. The van der Waals surface area contributed by atoms with Crippen molar-refractivity contribution in [2.45, 2.75) is 26.4 Å². The lowest BCUT2D eigenvalue weighted by atomic mass is 9.96. The number of esters is 2. The van der Waals surface area contributed by atoms with Crippen molar-refractivity contribution < 1.29 is 19.1 Å². The Morgan fingerprint density at radius 3 is 2.43 bits per heavy atom. The lowest BCUT2D eigenvalue weighted by molar-refractivity contribution is -0.136. The van der Waals surface area contributed by atoms with E-state index in [2.05, 4.69) is 34.0 Å². The summed E-state index contributed by atoms with van der Waals surface area (Å²) in [5.74, 6) is -0.638. The molecule has 0 saturated heterocycles. The molecule has 210 valence electrons. The van der Waals surface area contributed by atoms with Gasteiger partial charge in [-0.2, -0.15) is 0 Å². The summed E-state index contributed by atoms with van der Waals surface area (Å²) >= 11 is 1.28. The van der Waals surface area contributed by atoms with Gasteiger partial charge < -0.3 is 14.0 Å². The zero-order chi connectivity index (χ0) is 29.4. The van der Waals surface area contributed by atoms with Gasteiger partial charge >= 0.3 is 11.9 Å². The van der Waals surface area contributed by atoms with E-state index in [0.717, 1.165) is 16.5 Å². The average Bonchev–Trinajstić information content (AvgIpc) is 3.49. The lowest BCUT2D eigenvalue weighted by Crippen LogP contribution is -2.39. The molecule has 6 rings (SSSR count). The van der Waals surface area contributed by atoms with Crippen LogP contribution in [0.15, 0.2) is 106 Å². The van der Waals surface area contributed by atoms with Gasteiger partial charge in [0.15, 0.2) is 4.80 Å². The van der Waals surface area contributed by atoms with E-state index in [9.17, 15) is 14.4 Å². The number of methoxy groups -OCH3 is 1. The second-order valence-corrected chi connectivity index (χ2v) is 11.0. The highest BCUT2D eigenvalue weighted by molar-refractivity contribution is 7.07. The summed E-state index contributed by atoms with van der Waals surface area (Å²) in [7, 11) is 1.31. The van der Waals surface area contributed by atoms with E-state index in [-0.39, 0.29) is 11.1 Å². The number of benzene rings is 3. The molecule has 1 atom stereocenters. The maximum Gasteiger partial charge on any atom is 0.338 e. The van der Waals surface area contributed by atoms with Crippen LogP contribution in [0, 0.1) is 0 Å². The summed E-state index contributed by atoms with van der Waals surface area (Å²) in [5, 5.41) is 1.03. The number of aromatic nitrogens is 2. The molecule has 2 aromatic heterocycles. The van der Waals surface area contributed by atoms with E-state index < -0.39 is 18.0 Å². The van der Waals surface area contributed by atoms with Crippen LogP contribution in [0.2, 0.25) is 0 Å². The number of carbonyl (C=O) groups is 2.